The maximum Gasteiger partial charge on any atom is 0.251 e. The van der Waals surface area contributed by atoms with Gasteiger partial charge < -0.3 is 14.6 Å². The minimum Gasteiger partial charge on any atom is -0.492 e. The van der Waals surface area contributed by atoms with Crippen molar-refractivity contribution in [1.29, 1.82) is 0 Å². The molecule has 3 heterocycles. The maximum absolute atomic E-state index is 12.7. The number of fused-ring (bicyclic) bond motifs is 4. The predicted molar refractivity (Wildman–Crippen MR) is 123 cm³/mol. The van der Waals surface area contributed by atoms with E-state index >= 15 is 0 Å². The summed E-state index contributed by atoms with van der Waals surface area (Å²) in [7, 11) is 1.67. The molecule has 1 aliphatic heterocycles. The molecule has 2 aromatic heterocycles. The van der Waals surface area contributed by atoms with Crippen molar-refractivity contribution in [2.24, 2.45) is 0 Å². The molecule has 31 heavy (non-hydrogen) atoms. The van der Waals surface area contributed by atoms with E-state index in [0.29, 0.717) is 16.9 Å². The van der Waals surface area contributed by atoms with Crippen molar-refractivity contribution < 1.29 is 4.74 Å². The Hall–Kier alpha value is -3.38. The smallest absolute Gasteiger partial charge is 0.251 e. The maximum atomic E-state index is 12.7. The third-order valence-electron chi connectivity index (χ3n) is 6.74. The summed E-state index contributed by atoms with van der Waals surface area (Å²) in [6, 6.07) is 16.6. The lowest BCUT2D eigenvalue weighted by Crippen LogP contribution is -2.37. The summed E-state index contributed by atoms with van der Waals surface area (Å²) in [6.07, 6.45) is 1.95. The molecule has 156 valence electrons. The summed E-state index contributed by atoms with van der Waals surface area (Å²) in [6.45, 7) is 3.14. The van der Waals surface area contributed by atoms with Crippen LogP contribution < -0.4 is 20.9 Å². The highest BCUT2D eigenvalue weighted by atomic mass is 16.5. The van der Waals surface area contributed by atoms with Crippen LogP contribution in [0.3, 0.4) is 0 Å². The van der Waals surface area contributed by atoms with Crippen molar-refractivity contribution in [2.45, 2.75) is 31.8 Å². The molecule has 2 atom stereocenters. The van der Waals surface area contributed by atoms with E-state index in [9.17, 15) is 9.59 Å². The molecule has 5 aromatic rings. The van der Waals surface area contributed by atoms with Gasteiger partial charge in [-0.25, -0.2) is 0 Å². The average molecular weight is 413 g/mol. The quantitative estimate of drug-likeness (QED) is 0.459. The summed E-state index contributed by atoms with van der Waals surface area (Å²) in [5.74, 6) is 1.57. The molecule has 0 spiro atoms. The summed E-state index contributed by atoms with van der Waals surface area (Å²) in [5.41, 5.74) is 1.58. The number of para-hydroxylation sites is 2. The Bertz CT molecular complexity index is 1550. The number of aromatic nitrogens is 2. The van der Waals surface area contributed by atoms with Gasteiger partial charge in [0.2, 0.25) is 5.43 Å². The van der Waals surface area contributed by atoms with Crippen LogP contribution in [0.1, 0.15) is 25.8 Å². The van der Waals surface area contributed by atoms with E-state index in [0.717, 1.165) is 52.8 Å². The van der Waals surface area contributed by atoms with Crippen molar-refractivity contribution in [3.8, 4) is 11.6 Å². The molecular formula is C25H23N3O3. The largest absolute Gasteiger partial charge is 0.492 e. The van der Waals surface area contributed by atoms with Gasteiger partial charge in [-0.1, -0.05) is 30.3 Å². The number of piperidine rings is 1. The lowest BCUT2D eigenvalue weighted by atomic mass is 10.00. The van der Waals surface area contributed by atoms with Crippen LogP contribution in [-0.2, 0) is 0 Å². The Morgan fingerprint density at radius 1 is 0.968 bits per heavy atom. The SMILES string of the molecule is COc1c(-n2c3ccccc3c3c(=O)c(=O)c32)n(C2CCNC(C)C2)c2ccccc12. The minimum atomic E-state index is -0.427. The Kier molecular flexibility index (Phi) is 3.89. The number of benzene rings is 2. The zero-order valence-corrected chi connectivity index (χ0v) is 17.5. The highest BCUT2D eigenvalue weighted by Gasteiger charge is 2.32. The van der Waals surface area contributed by atoms with Gasteiger partial charge >= 0.3 is 0 Å². The molecule has 6 nitrogen and oxygen atoms in total. The summed E-state index contributed by atoms with van der Waals surface area (Å²) in [4.78, 5) is 25.2. The van der Waals surface area contributed by atoms with Crippen LogP contribution in [0.15, 0.2) is 58.1 Å². The Morgan fingerprint density at radius 2 is 1.68 bits per heavy atom. The fraction of sp³-hybridized carbons (Fsp3) is 0.280. The lowest BCUT2D eigenvalue weighted by Gasteiger charge is -2.31. The average Bonchev–Trinajstić information content (AvgIpc) is 3.29. The molecule has 0 radical (unpaired) electrons. The highest BCUT2D eigenvalue weighted by Crippen LogP contribution is 2.43. The van der Waals surface area contributed by atoms with Crippen LogP contribution in [0.5, 0.6) is 5.75 Å². The van der Waals surface area contributed by atoms with Gasteiger partial charge in [-0.15, -0.1) is 0 Å². The molecule has 0 bridgehead atoms. The molecule has 1 fully saturated rings. The number of rotatable bonds is 3. The fourth-order valence-corrected chi connectivity index (χ4v) is 5.40. The van der Waals surface area contributed by atoms with Crippen molar-refractivity contribution in [1.82, 2.24) is 14.5 Å². The molecule has 6 heteroatoms. The molecule has 2 unspecified atom stereocenters. The first-order valence-corrected chi connectivity index (χ1v) is 10.7. The van der Waals surface area contributed by atoms with Gasteiger partial charge in [-0.05, 0) is 44.5 Å². The number of hydrogen-bond acceptors (Lipinski definition) is 4. The van der Waals surface area contributed by atoms with Crippen LogP contribution in [-0.4, -0.2) is 28.8 Å². The third kappa shape index (κ3) is 2.36. The number of nitrogens with zero attached hydrogens (tertiary/aromatic N) is 2. The number of methoxy groups -OCH3 is 1. The second-order valence-corrected chi connectivity index (χ2v) is 8.51. The number of hydrogen-bond donors (Lipinski definition) is 1. The molecule has 1 aliphatic rings. The van der Waals surface area contributed by atoms with Crippen molar-refractivity contribution >= 4 is 32.7 Å². The molecule has 1 saturated heterocycles. The van der Waals surface area contributed by atoms with E-state index in [1.807, 2.05) is 41.0 Å². The molecule has 0 aliphatic carbocycles. The van der Waals surface area contributed by atoms with Gasteiger partial charge in [0, 0.05) is 22.9 Å². The molecule has 0 amide bonds. The first-order valence-electron chi connectivity index (χ1n) is 10.7. The van der Waals surface area contributed by atoms with Gasteiger partial charge in [0.05, 0.1) is 23.5 Å². The zero-order valence-electron chi connectivity index (χ0n) is 17.5. The van der Waals surface area contributed by atoms with Crippen LogP contribution in [0.4, 0.5) is 0 Å². The Morgan fingerprint density at radius 3 is 2.42 bits per heavy atom. The zero-order chi connectivity index (χ0) is 21.3. The van der Waals surface area contributed by atoms with Crippen LogP contribution in [0.2, 0.25) is 0 Å². The summed E-state index contributed by atoms with van der Waals surface area (Å²) < 4.78 is 10.2. The molecule has 1 N–H and O–H groups in total. The normalized spacial score (nSPS) is 19.7. The van der Waals surface area contributed by atoms with E-state index in [2.05, 4.69) is 28.9 Å². The topological polar surface area (TPSA) is 65.3 Å². The molecular weight excluding hydrogens is 390 g/mol. The van der Waals surface area contributed by atoms with E-state index in [1.54, 1.807) is 7.11 Å². The predicted octanol–water partition coefficient (Wildman–Crippen LogP) is 3.66. The first-order chi connectivity index (χ1) is 15.1. The molecule has 3 aromatic carbocycles. The minimum absolute atomic E-state index is 0.253. The first kappa shape index (κ1) is 18.4. The lowest BCUT2D eigenvalue weighted by molar-refractivity contribution is 0.316. The van der Waals surface area contributed by atoms with Gasteiger partial charge in [0.15, 0.2) is 11.6 Å². The van der Waals surface area contributed by atoms with Gasteiger partial charge in [-0.2, -0.15) is 0 Å². The monoisotopic (exact) mass is 413 g/mol. The van der Waals surface area contributed by atoms with Crippen molar-refractivity contribution in [3.63, 3.8) is 0 Å². The second kappa shape index (κ2) is 6.56. The summed E-state index contributed by atoms with van der Waals surface area (Å²) >= 11 is 0. The Labute approximate surface area is 178 Å². The van der Waals surface area contributed by atoms with E-state index in [4.69, 9.17) is 4.74 Å². The standard InChI is InChI=1S/C25H23N3O3/c1-14-13-15(11-12-26-14)27-19-10-6-4-8-17(19)24(31-2)25(27)28-18-9-5-3-7-16(18)20-21(28)23(30)22(20)29/h3-10,14-15,26H,11-13H2,1-2H3. The number of ether oxygens (including phenoxy) is 1. The van der Waals surface area contributed by atoms with E-state index in [1.165, 1.54) is 0 Å². The van der Waals surface area contributed by atoms with Crippen LogP contribution in [0.25, 0.3) is 38.5 Å². The second-order valence-electron chi connectivity index (χ2n) is 8.51. The third-order valence-corrected chi connectivity index (χ3v) is 6.74. The van der Waals surface area contributed by atoms with Crippen molar-refractivity contribution in [2.75, 3.05) is 13.7 Å². The van der Waals surface area contributed by atoms with Crippen LogP contribution in [0, 0.1) is 0 Å². The highest BCUT2D eigenvalue weighted by molar-refractivity contribution is 6.12. The number of nitrogens with one attached hydrogen (secondary N) is 1. The van der Waals surface area contributed by atoms with Gasteiger partial charge in [0.1, 0.15) is 5.52 Å². The molecule has 0 saturated carbocycles. The van der Waals surface area contributed by atoms with Crippen molar-refractivity contribution in [3.05, 3.63) is 69.0 Å². The summed E-state index contributed by atoms with van der Waals surface area (Å²) in [5, 5.41) is 5.88. The van der Waals surface area contributed by atoms with E-state index < -0.39 is 10.9 Å². The van der Waals surface area contributed by atoms with Gasteiger partial charge in [-0.3, -0.25) is 14.2 Å². The van der Waals surface area contributed by atoms with Crippen LogP contribution >= 0.6 is 0 Å². The van der Waals surface area contributed by atoms with Gasteiger partial charge in [0.25, 0.3) is 5.43 Å². The fourth-order valence-electron chi connectivity index (χ4n) is 5.40. The molecule has 6 rings (SSSR count). The van der Waals surface area contributed by atoms with E-state index in [-0.39, 0.29) is 6.04 Å². The Balaban J connectivity index is 1.79.